The summed E-state index contributed by atoms with van der Waals surface area (Å²) in [5, 5.41) is 14.5. The van der Waals surface area contributed by atoms with Crippen molar-refractivity contribution in [2.75, 3.05) is 19.7 Å². The van der Waals surface area contributed by atoms with Crippen LogP contribution in [0.25, 0.3) is 0 Å². The van der Waals surface area contributed by atoms with Crippen molar-refractivity contribution in [3.63, 3.8) is 0 Å². The Kier molecular flexibility index (Phi) is 6.49. The molecule has 1 N–H and O–H groups in total. The maximum Gasteiger partial charge on any atom is 0.137 e. The molecule has 3 rings (SSSR count). The van der Waals surface area contributed by atoms with E-state index in [1.165, 1.54) is 12.5 Å². The Labute approximate surface area is 147 Å². The van der Waals surface area contributed by atoms with E-state index in [0.717, 1.165) is 25.9 Å². The summed E-state index contributed by atoms with van der Waals surface area (Å²) in [6, 6.07) is 6.88. The Morgan fingerprint density at radius 2 is 2.20 bits per heavy atom. The molecule has 2 atom stereocenters. The molecule has 7 heteroatoms. The first-order valence-corrected chi connectivity index (χ1v) is 8.78. The fourth-order valence-electron chi connectivity index (χ4n) is 3.29. The lowest BCUT2D eigenvalue weighted by molar-refractivity contribution is -0.00627. The first kappa shape index (κ1) is 18.0. The summed E-state index contributed by atoms with van der Waals surface area (Å²) in [7, 11) is 0. The van der Waals surface area contributed by atoms with Gasteiger partial charge in [0.2, 0.25) is 0 Å². The van der Waals surface area contributed by atoms with Crippen molar-refractivity contribution in [1.29, 1.82) is 0 Å². The number of ether oxygens (including phenoxy) is 1. The van der Waals surface area contributed by atoms with Crippen molar-refractivity contribution in [3.05, 3.63) is 48.3 Å². The van der Waals surface area contributed by atoms with Gasteiger partial charge in [-0.2, -0.15) is 5.10 Å². The van der Waals surface area contributed by atoms with Crippen molar-refractivity contribution >= 4 is 0 Å². The highest BCUT2D eigenvalue weighted by Crippen LogP contribution is 2.18. The fraction of sp³-hybridized carbons (Fsp3) is 0.556. The Morgan fingerprint density at radius 1 is 1.32 bits per heavy atom. The van der Waals surface area contributed by atoms with E-state index in [1.807, 2.05) is 4.68 Å². The molecule has 1 aromatic carbocycles. The highest BCUT2D eigenvalue weighted by Gasteiger charge is 2.25. The molecule has 1 aliphatic rings. The monoisotopic (exact) mass is 348 g/mol. The molecule has 1 fully saturated rings. The molecule has 2 heterocycles. The van der Waals surface area contributed by atoms with Gasteiger partial charge in [-0.3, -0.25) is 9.58 Å². The number of β-amino-alcohol motifs (C(OH)–C–C–N with tert-alkyl or cyclic N) is 1. The zero-order valence-corrected chi connectivity index (χ0v) is 14.3. The maximum atomic E-state index is 13.6. The number of aliphatic hydroxyl groups excluding tert-OH is 1. The highest BCUT2D eigenvalue weighted by molar-refractivity contribution is 5.16. The molecule has 1 aliphatic heterocycles. The lowest BCUT2D eigenvalue weighted by Gasteiger charge is -2.36. The minimum Gasteiger partial charge on any atom is -0.389 e. The molecule has 1 aromatic heterocycles. The Morgan fingerprint density at radius 3 is 3.00 bits per heavy atom. The van der Waals surface area contributed by atoms with Crippen LogP contribution in [0.5, 0.6) is 0 Å². The second kappa shape index (κ2) is 9.03. The lowest BCUT2D eigenvalue weighted by Crippen LogP contribution is -2.46. The Bertz CT molecular complexity index is 638. The quantitative estimate of drug-likeness (QED) is 0.789. The van der Waals surface area contributed by atoms with Gasteiger partial charge >= 0.3 is 0 Å². The topological polar surface area (TPSA) is 63.4 Å². The van der Waals surface area contributed by atoms with Crippen molar-refractivity contribution in [3.8, 4) is 0 Å². The van der Waals surface area contributed by atoms with E-state index in [-0.39, 0.29) is 19.0 Å². The number of rotatable bonds is 8. The molecule has 1 saturated heterocycles. The summed E-state index contributed by atoms with van der Waals surface area (Å²) >= 11 is 0. The molecule has 0 aliphatic carbocycles. The standard InChI is InChI=1S/C18H25FN4O2/c19-18-7-2-1-5-15(18)11-25-12-17(24)10-22-8-4-3-6-16(22)9-23-14-20-13-21-23/h1-2,5,7,13-14,16-17,24H,3-4,6,8-12H2. The second-order valence-electron chi connectivity index (χ2n) is 6.52. The molecule has 0 spiro atoms. The van der Waals surface area contributed by atoms with Crippen LogP contribution in [0.4, 0.5) is 4.39 Å². The minimum atomic E-state index is -0.594. The largest absolute Gasteiger partial charge is 0.389 e. The van der Waals surface area contributed by atoms with E-state index >= 15 is 0 Å². The molecule has 0 radical (unpaired) electrons. The van der Waals surface area contributed by atoms with E-state index in [0.29, 0.717) is 18.2 Å². The molecule has 2 aromatic rings. The zero-order valence-electron chi connectivity index (χ0n) is 14.3. The second-order valence-corrected chi connectivity index (χ2v) is 6.52. The summed E-state index contributed by atoms with van der Waals surface area (Å²) in [4.78, 5) is 6.28. The third-order valence-corrected chi connectivity index (χ3v) is 4.58. The van der Waals surface area contributed by atoms with Crippen molar-refractivity contribution < 1.29 is 14.2 Å². The fourth-order valence-corrected chi connectivity index (χ4v) is 3.29. The number of likely N-dealkylation sites (tertiary alicyclic amines) is 1. The van der Waals surface area contributed by atoms with Gasteiger partial charge in [0.25, 0.3) is 0 Å². The smallest absolute Gasteiger partial charge is 0.137 e. The summed E-state index contributed by atoms with van der Waals surface area (Å²) in [6.45, 7) is 2.66. The average molecular weight is 348 g/mol. The molecule has 6 nitrogen and oxygen atoms in total. The number of hydrogen-bond donors (Lipinski definition) is 1. The van der Waals surface area contributed by atoms with Crippen molar-refractivity contribution in [1.82, 2.24) is 19.7 Å². The number of halogens is 1. The van der Waals surface area contributed by atoms with E-state index in [1.54, 1.807) is 30.9 Å². The first-order valence-electron chi connectivity index (χ1n) is 8.78. The number of piperidine rings is 1. The van der Waals surface area contributed by atoms with Gasteiger partial charge in [-0.15, -0.1) is 0 Å². The van der Waals surface area contributed by atoms with E-state index in [9.17, 15) is 9.50 Å². The van der Waals surface area contributed by atoms with Crippen LogP contribution in [-0.4, -0.2) is 56.6 Å². The van der Waals surface area contributed by atoms with Gasteiger partial charge in [-0.1, -0.05) is 24.6 Å². The van der Waals surface area contributed by atoms with Crippen molar-refractivity contribution in [2.45, 2.75) is 44.6 Å². The van der Waals surface area contributed by atoms with Gasteiger partial charge < -0.3 is 9.84 Å². The Hall–Kier alpha value is -1.83. The van der Waals surface area contributed by atoms with Crippen LogP contribution >= 0.6 is 0 Å². The number of nitrogens with zero attached hydrogens (tertiary/aromatic N) is 4. The van der Waals surface area contributed by atoms with Gasteiger partial charge in [0.05, 0.1) is 25.9 Å². The predicted octanol–water partition coefficient (Wildman–Crippen LogP) is 1.85. The molecule has 25 heavy (non-hydrogen) atoms. The number of benzene rings is 1. The molecule has 0 amide bonds. The molecule has 0 bridgehead atoms. The SMILES string of the molecule is OC(COCc1ccccc1F)CN1CCCCC1Cn1cncn1. The van der Waals surface area contributed by atoms with Gasteiger partial charge in [-0.25, -0.2) is 9.37 Å². The van der Waals surface area contributed by atoms with Gasteiger partial charge in [-0.05, 0) is 25.5 Å². The zero-order chi connectivity index (χ0) is 17.5. The number of aromatic nitrogens is 3. The number of hydrogen-bond acceptors (Lipinski definition) is 5. The van der Waals surface area contributed by atoms with E-state index < -0.39 is 6.10 Å². The molecule has 136 valence electrons. The average Bonchev–Trinajstić information content (AvgIpc) is 3.11. The van der Waals surface area contributed by atoms with Crippen LogP contribution in [-0.2, 0) is 17.9 Å². The summed E-state index contributed by atoms with van der Waals surface area (Å²) in [5.41, 5.74) is 0.511. The number of aliphatic hydroxyl groups is 1. The van der Waals surface area contributed by atoms with Crippen LogP contribution in [0.2, 0.25) is 0 Å². The van der Waals surface area contributed by atoms with Crippen molar-refractivity contribution in [2.24, 2.45) is 0 Å². The van der Waals surface area contributed by atoms with Crippen LogP contribution in [0.3, 0.4) is 0 Å². The normalized spacial score (nSPS) is 19.8. The summed E-state index contributed by atoms with van der Waals surface area (Å²) in [6.07, 6.45) is 6.08. The minimum absolute atomic E-state index is 0.173. The molecule has 2 unspecified atom stereocenters. The van der Waals surface area contributed by atoms with Crippen LogP contribution in [0.1, 0.15) is 24.8 Å². The molecule has 0 saturated carbocycles. The van der Waals surface area contributed by atoms with E-state index in [2.05, 4.69) is 15.0 Å². The third-order valence-electron chi connectivity index (χ3n) is 4.58. The Balaban J connectivity index is 1.45. The van der Waals surface area contributed by atoms with Crippen LogP contribution in [0.15, 0.2) is 36.9 Å². The summed E-state index contributed by atoms with van der Waals surface area (Å²) in [5.74, 6) is -0.277. The summed E-state index contributed by atoms with van der Waals surface area (Å²) < 4.78 is 20.9. The van der Waals surface area contributed by atoms with E-state index in [4.69, 9.17) is 4.74 Å². The highest BCUT2D eigenvalue weighted by atomic mass is 19.1. The van der Waals surface area contributed by atoms with Crippen LogP contribution < -0.4 is 0 Å². The predicted molar refractivity (Wildman–Crippen MR) is 91.3 cm³/mol. The van der Waals surface area contributed by atoms with Gasteiger partial charge in [0, 0.05) is 18.2 Å². The van der Waals surface area contributed by atoms with Gasteiger partial charge in [0.1, 0.15) is 18.5 Å². The lowest BCUT2D eigenvalue weighted by atomic mass is 10.0. The van der Waals surface area contributed by atoms with Gasteiger partial charge in [0.15, 0.2) is 0 Å². The molecular weight excluding hydrogens is 323 g/mol. The van der Waals surface area contributed by atoms with Crippen LogP contribution in [0, 0.1) is 5.82 Å². The molecular formula is C18H25FN4O2. The first-order chi connectivity index (χ1) is 12.2. The third kappa shape index (κ3) is 5.32. The maximum absolute atomic E-state index is 13.6.